The number of alkyl carbamates (subject to hydrolysis) is 1. The lowest BCUT2D eigenvalue weighted by atomic mass is 9.81. The third kappa shape index (κ3) is 11.6. The Hall–Kier alpha value is -5.29. The van der Waals surface area contributed by atoms with Gasteiger partial charge < -0.3 is 47.7 Å². The lowest BCUT2D eigenvalue weighted by Crippen LogP contribution is -2.59. The van der Waals surface area contributed by atoms with Crippen molar-refractivity contribution in [2.24, 2.45) is 0 Å². The Morgan fingerprint density at radius 1 is 0.893 bits per heavy atom. The highest BCUT2D eigenvalue weighted by molar-refractivity contribution is 6.75. The highest BCUT2D eigenvalue weighted by Gasteiger charge is 2.47. The number of amides is 1. The van der Waals surface area contributed by atoms with Gasteiger partial charge in [-0.2, -0.15) is 0 Å². The van der Waals surface area contributed by atoms with Crippen molar-refractivity contribution < 1.29 is 47.2 Å². The van der Waals surface area contributed by atoms with Crippen LogP contribution in [0.1, 0.15) is 106 Å². The number of rotatable bonds is 20. The van der Waals surface area contributed by atoms with Gasteiger partial charge in [-0.15, -0.1) is 0 Å². The average molecular weight is 1070 g/mol. The first-order valence-corrected chi connectivity index (χ1v) is 32.2. The van der Waals surface area contributed by atoms with E-state index in [0.29, 0.717) is 84.4 Å². The Morgan fingerprint density at radius 2 is 1.48 bits per heavy atom. The molecule has 0 saturated carbocycles. The molecule has 1 aliphatic carbocycles. The number of hydrogen-bond donors (Lipinski definition) is 3. The third-order valence-corrected chi connectivity index (χ3v) is 26.8. The van der Waals surface area contributed by atoms with Gasteiger partial charge in [0, 0.05) is 59.9 Å². The maximum Gasteiger partial charge on any atom is 0.407 e. The van der Waals surface area contributed by atoms with E-state index in [0.717, 1.165) is 38.9 Å². The molecule has 4 aromatic rings. The molecule has 7 rings (SSSR count). The summed E-state index contributed by atoms with van der Waals surface area (Å²) in [5, 5.41) is 19.6. The van der Waals surface area contributed by atoms with Crippen LogP contribution in [0.25, 0.3) is 16.0 Å². The summed E-state index contributed by atoms with van der Waals surface area (Å²) in [6.07, 6.45) is -0.214. The molecule has 3 N–H and O–H groups in total. The van der Waals surface area contributed by atoms with E-state index in [1.54, 1.807) is 21.3 Å². The summed E-state index contributed by atoms with van der Waals surface area (Å²) >= 11 is 0. The standard InChI is InChI=1S/C59H84N4O10Si2/c1-35(2)75(17,36(3)4)72-28-26-40-33-63(27-29-70-40)57(60-10)48-32-45-50(52(64)56(69-14)38(6)54(45)67-12)51(61-48)47(30-39-31-49(73-74(15,16)59(7,8)9)55(68-13)37(5)53(39)66-11)62-58(65)71-34-46-43-24-20-18-22-41(43)42-23-19-21-25-44(42)46/h18-25,31,35-36,40,46-48,51,57,61,64H,26-30,32-34H2,1-9,11-17H3,(H,62,65)/t40-,47?,48?,51?,57?/m0/s1. The highest BCUT2D eigenvalue weighted by atomic mass is 28.4. The van der Waals surface area contributed by atoms with E-state index < -0.39 is 47.0 Å². The first-order chi connectivity index (χ1) is 35.5. The summed E-state index contributed by atoms with van der Waals surface area (Å²) in [6.45, 7) is 37.2. The van der Waals surface area contributed by atoms with Crippen LogP contribution in [-0.4, -0.2) is 118 Å². The Balaban J connectivity index is 1.31. The van der Waals surface area contributed by atoms with Gasteiger partial charge in [-0.05, 0) is 90.8 Å². The third-order valence-electron chi connectivity index (χ3n) is 17.0. The number of nitrogens with zero attached hydrogens (tertiary/aromatic N) is 2. The lowest BCUT2D eigenvalue weighted by Gasteiger charge is -2.42. The molecule has 4 aromatic carbocycles. The van der Waals surface area contributed by atoms with E-state index >= 15 is 0 Å². The van der Waals surface area contributed by atoms with Crippen LogP contribution in [0.2, 0.25) is 35.8 Å². The molecular formula is C59H84N4O10Si2. The van der Waals surface area contributed by atoms with Crippen molar-refractivity contribution >= 4 is 22.7 Å². The molecule has 2 heterocycles. The van der Waals surface area contributed by atoms with Crippen LogP contribution in [0.5, 0.6) is 34.5 Å². The van der Waals surface area contributed by atoms with E-state index in [2.05, 4.69) is 113 Å². The molecule has 1 amide bonds. The monoisotopic (exact) mass is 1060 g/mol. The van der Waals surface area contributed by atoms with Gasteiger partial charge in [0.25, 0.3) is 14.5 Å². The molecule has 408 valence electrons. The molecule has 75 heavy (non-hydrogen) atoms. The Bertz CT molecular complexity index is 2660. The number of phenolic OH excluding ortho intramolecular Hbond substituents is 1. The number of carbonyl (C=O) groups is 1. The highest BCUT2D eigenvalue weighted by Crippen LogP contribution is 2.51. The SMILES string of the molecule is [C-]#[N+]C(C1Cc2c(OC)c(C)c(OC)c(O)c2C(C(Cc2cc(O[Si](C)(C)C(C)(C)C)c(OC)c(C)c2OC)NC(=O)OCC2c3ccccc3-c3ccccc32)N1)N1CCO[C@@H](CCO[Si](C)(C(C)C)C(C)C)C1. The maximum absolute atomic E-state index is 14.8. The summed E-state index contributed by atoms with van der Waals surface area (Å²) in [5.41, 5.74) is 8.69. The minimum Gasteiger partial charge on any atom is -0.541 e. The van der Waals surface area contributed by atoms with Crippen LogP contribution in [0.3, 0.4) is 0 Å². The summed E-state index contributed by atoms with van der Waals surface area (Å²) in [4.78, 5) is 21.4. The number of morpholine rings is 1. The van der Waals surface area contributed by atoms with Gasteiger partial charge in [0.05, 0.1) is 53.2 Å². The zero-order valence-electron chi connectivity index (χ0n) is 47.5. The average Bonchev–Trinajstić information content (AvgIpc) is 3.68. The minimum atomic E-state index is -2.42. The number of nitrogens with one attached hydrogen (secondary N) is 2. The van der Waals surface area contributed by atoms with Gasteiger partial charge in [-0.3, -0.25) is 10.2 Å². The molecule has 0 bridgehead atoms. The van der Waals surface area contributed by atoms with E-state index in [9.17, 15) is 9.90 Å². The molecule has 0 radical (unpaired) electrons. The zero-order valence-corrected chi connectivity index (χ0v) is 49.5. The number of ether oxygens (including phenoxy) is 6. The smallest absolute Gasteiger partial charge is 0.407 e. The fraction of sp³-hybridized carbons (Fsp3) is 0.559. The molecule has 1 fully saturated rings. The second kappa shape index (κ2) is 23.5. The predicted octanol–water partition coefficient (Wildman–Crippen LogP) is 11.9. The van der Waals surface area contributed by atoms with Crippen molar-refractivity contribution in [3.63, 3.8) is 0 Å². The topological polar surface area (TPSA) is 143 Å². The first-order valence-electron chi connectivity index (χ1n) is 26.7. The molecule has 0 aromatic heterocycles. The number of benzene rings is 4. The van der Waals surface area contributed by atoms with E-state index in [1.807, 2.05) is 44.2 Å². The number of carbonyl (C=O) groups excluding carboxylic acids is 1. The molecular weight excluding hydrogens is 981 g/mol. The maximum atomic E-state index is 14.8. The summed E-state index contributed by atoms with van der Waals surface area (Å²) < 4.78 is 50.8. The Kier molecular flexibility index (Phi) is 18.0. The van der Waals surface area contributed by atoms with Gasteiger partial charge in [-0.1, -0.05) is 97.0 Å². The Morgan fingerprint density at radius 3 is 2.04 bits per heavy atom. The van der Waals surface area contributed by atoms with Crippen LogP contribution >= 0.6 is 0 Å². The van der Waals surface area contributed by atoms with Crippen molar-refractivity contribution in [3.8, 4) is 45.6 Å². The molecule has 14 nitrogen and oxygen atoms in total. The normalized spacial score (nSPS) is 18.9. The number of phenols is 1. The van der Waals surface area contributed by atoms with Crippen molar-refractivity contribution in [3.05, 3.63) is 105 Å². The Labute approximate surface area is 449 Å². The lowest BCUT2D eigenvalue weighted by molar-refractivity contribution is -0.0506. The fourth-order valence-electron chi connectivity index (χ4n) is 11.3. The summed E-state index contributed by atoms with van der Waals surface area (Å²) in [7, 11) is 1.98. The van der Waals surface area contributed by atoms with E-state index in [1.165, 1.54) is 7.11 Å². The second-order valence-electron chi connectivity index (χ2n) is 22.9. The number of fused-ring (bicyclic) bond motifs is 4. The largest absolute Gasteiger partial charge is 0.541 e. The van der Waals surface area contributed by atoms with Crippen LogP contribution in [0.15, 0.2) is 54.6 Å². The molecule has 4 unspecified atom stereocenters. The molecule has 3 aliphatic rings. The summed E-state index contributed by atoms with van der Waals surface area (Å²) in [6, 6.07) is 16.3. The van der Waals surface area contributed by atoms with Crippen LogP contribution in [0, 0.1) is 20.4 Å². The van der Waals surface area contributed by atoms with Gasteiger partial charge in [0.1, 0.15) is 29.9 Å². The quantitative estimate of drug-likeness (QED) is 0.0573. The number of aromatic hydroxyl groups is 1. The van der Waals surface area contributed by atoms with Crippen molar-refractivity contribution in [2.45, 2.75) is 154 Å². The number of hydrogen-bond acceptors (Lipinski definition) is 12. The summed E-state index contributed by atoms with van der Waals surface area (Å²) in [5.74, 6) is 2.25. The fourth-order valence-corrected chi connectivity index (χ4v) is 14.9. The van der Waals surface area contributed by atoms with Crippen molar-refractivity contribution in [2.75, 3.05) is 61.3 Å². The van der Waals surface area contributed by atoms with Crippen LogP contribution < -0.4 is 34.0 Å². The van der Waals surface area contributed by atoms with Gasteiger partial charge >= 0.3 is 6.09 Å². The molecule has 16 heteroatoms. The van der Waals surface area contributed by atoms with Crippen molar-refractivity contribution in [1.29, 1.82) is 0 Å². The van der Waals surface area contributed by atoms with Crippen molar-refractivity contribution in [1.82, 2.24) is 15.5 Å². The van der Waals surface area contributed by atoms with Gasteiger partial charge in [0.2, 0.25) is 0 Å². The molecule has 2 aliphatic heterocycles. The van der Waals surface area contributed by atoms with Crippen LogP contribution in [-0.2, 0) is 26.7 Å². The first kappa shape index (κ1) is 57.4. The van der Waals surface area contributed by atoms with Gasteiger partial charge in [-0.25, -0.2) is 16.3 Å². The minimum absolute atomic E-state index is 0.0787. The molecule has 0 spiro atoms. The van der Waals surface area contributed by atoms with Gasteiger partial charge in [0.15, 0.2) is 25.6 Å². The molecule has 1 saturated heterocycles. The van der Waals surface area contributed by atoms with Crippen LogP contribution in [0.4, 0.5) is 4.79 Å². The molecule has 5 atom stereocenters. The van der Waals surface area contributed by atoms with E-state index in [-0.39, 0.29) is 41.6 Å². The predicted molar refractivity (Wildman–Crippen MR) is 301 cm³/mol. The zero-order chi connectivity index (χ0) is 54.7. The van der Waals surface area contributed by atoms with E-state index in [4.69, 9.17) is 43.8 Å². The number of methoxy groups -OCH3 is 4. The second-order valence-corrected chi connectivity index (χ2v) is 32.6.